The molecule has 2 N–H and O–H groups in total. The van der Waals surface area contributed by atoms with E-state index in [1.165, 1.54) is 10.4 Å². The van der Waals surface area contributed by atoms with E-state index >= 15 is 0 Å². The molecule has 1 atom stereocenters. The summed E-state index contributed by atoms with van der Waals surface area (Å²) in [4.78, 5) is 16.7. The van der Waals surface area contributed by atoms with E-state index < -0.39 is 6.17 Å². The normalized spacial score (nSPS) is 18.9. The molecule has 2 aliphatic rings. The predicted octanol–water partition coefficient (Wildman–Crippen LogP) is 5.28. The average Bonchev–Trinajstić information content (AvgIpc) is 3.32. The van der Waals surface area contributed by atoms with Crippen molar-refractivity contribution in [2.45, 2.75) is 39.0 Å². The molecule has 7 heteroatoms. The maximum atomic E-state index is 12.9. The summed E-state index contributed by atoms with van der Waals surface area (Å²) in [7, 11) is 0. The van der Waals surface area contributed by atoms with Crippen LogP contribution in [0, 0.1) is 0 Å². The topological polar surface area (TPSA) is 57.5 Å². The van der Waals surface area contributed by atoms with Crippen LogP contribution in [-0.4, -0.2) is 23.4 Å². The molecule has 2 aromatic heterocycles. The zero-order chi connectivity index (χ0) is 20.1. The molecular formula is C22H22ClN3O2S. The highest BCUT2D eigenvalue weighted by Crippen LogP contribution is 2.41. The molecule has 150 valence electrons. The van der Waals surface area contributed by atoms with E-state index in [4.69, 9.17) is 16.0 Å². The van der Waals surface area contributed by atoms with Crippen LogP contribution in [0.1, 0.15) is 46.6 Å². The van der Waals surface area contributed by atoms with Gasteiger partial charge in [-0.25, -0.2) is 0 Å². The summed E-state index contributed by atoms with van der Waals surface area (Å²) in [6.45, 7) is 6.32. The van der Waals surface area contributed by atoms with Crippen molar-refractivity contribution in [1.82, 2.24) is 10.2 Å². The Balaban J connectivity index is 1.43. The van der Waals surface area contributed by atoms with Crippen molar-refractivity contribution in [2.24, 2.45) is 0 Å². The number of hydrogen-bond acceptors (Lipinski definition) is 5. The number of thiophene rings is 1. The number of hydrogen-bond donors (Lipinski definition) is 2. The van der Waals surface area contributed by atoms with Gasteiger partial charge in [-0.2, -0.15) is 0 Å². The van der Waals surface area contributed by atoms with Crippen molar-refractivity contribution in [3.8, 4) is 11.3 Å². The van der Waals surface area contributed by atoms with Crippen LogP contribution in [0.4, 0.5) is 5.00 Å². The van der Waals surface area contributed by atoms with E-state index in [0.29, 0.717) is 22.6 Å². The molecule has 0 aliphatic carbocycles. The second-order valence-electron chi connectivity index (χ2n) is 7.75. The molecule has 0 spiro atoms. The van der Waals surface area contributed by atoms with Gasteiger partial charge in [0.1, 0.15) is 16.5 Å². The van der Waals surface area contributed by atoms with Gasteiger partial charge in [-0.1, -0.05) is 23.7 Å². The van der Waals surface area contributed by atoms with Crippen LogP contribution in [0.2, 0.25) is 5.02 Å². The fourth-order valence-electron chi connectivity index (χ4n) is 4.03. The minimum atomic E-state index is -0.396. The Kier molecular flexibility index (Phi) is 4.65. The predicted molar refractivity (Wildman–Crippen MR) is 117 cm³/mol. The first-order valence-electron chi connectivity index (χ1n) is 9.82. The molecule has 29 heavy (non-hydrogen) atoms. The molecule has 4 heterocycles. The van der Waals surface area contributed by atoms with E-state index in [9.17, 15) is 4.79 Å². The summed E-state index contributed by atoms with van der Waals surface area (Å²) in [5, 5.41) is 8.09. The number of amides is 1. The maximum Gasteiger partial charge on any atom is 0.256 e. The summed E-state index contributed by atoms with van der Waals surface area (Å²) < 4.78 is 6.04. The molecule has 0 fully saturated rings. The Hall–Kier alpha value is -2.28. The fourth-order valence-corrected chi connectivity index (χ4v) is 5.56. The molecule has 5 rings (SSSR count). The summed E-state index contributed by atoms with van der Waals surface area (Å²) in [6.07, 6.45) is 0.517. The van der Waals surface area contributed by atoms with Gasteiger partial charge in [0.05, 0.1) is 10.6 Å². The third kappa shape index (κ3) is 3.25. The van der Waals surface area contributed by atoms with Gasteiger partial charge >= 0.3 is 0 Å². The lowest BCUT2D eigenvalue weighted by molar-refractivity contribution is 0.0930. The van der Waals surface area contributed by atoms with Crippen LogP contribution in [0.15, 0.2) is 40.8 Å². The number of halogens is 1. The number of anilines is 1. The van der Waals surface area contributed by atoms with Crippen LogP contribution < -0.4 is 10.6 Å². The van der Waals surface area contributed by atoms with Crippen LogP contribution >= 0.6 is 22.9 Å². The average molecular weight is 428 g/mol. The first kappa shape index (κ1) is 18.7. The van der Waals surface area contributed by atoms with Crippen molar-refractivity contribution in [1.29, 1.82) is 0 Å². The molecular weight excluding hydrogens is 406 g/mol. The zero-order valence-electron chi connectivity index (χ0n) is 16.3. The Morgan fingerprint density at radius 2 is 2.03 bits per heavy atom. The maximum absolute atomic E-state index is 12.9. The molecule has 1 aromatic carbocycles. The summed E-state index contributed by atoms with van der Waals surface area (Å²) in [5.41, 5.74) is 2.84. The highest BCUT2D eigenvalue weighted by molar-refractivity contribution is 7.16. The number of carbonyl (C=O) groups is 1. The second kappa shape index (κ2) is 7.20. The van der Waals surface area contributed by atoms with Crippen molar-refractivity contribution in [3.05, 3.63) is 63.2 Å². The van der Waals surface area contributed by atoms with Crippen molar-refractivity contribution in [3.63, 3.8) is 0 Å². The monoisotopic (exact) mass is 427 g/mol. The van der Waals surface area contributed by atoms with Crippen LogP contribution in [0.3, 0.4) is 0 Å². The highest BCUT2D eigenvalue weighted by atomic mass is 35.5. The van der Waals surface area contributed by atoms with Crippen molar-refractivity contribution < 1.29 is 9.21 Å². The van der Waals surface area contributed by atoms with Gasteiger partial charge in [0, 0.05) is 29.6 Å². The Bertz CT molecular complexity index is 1090. The van der Waals surface area contributed by atoms with Gasteiger partial charge in [-0.15, -0.1) is 11.3 Å². The lowest BCUT2D eigenvalue weighted by Crippen LogP contribution is -2.39. The van der Waals surface area contributed by atoms with E-state index in [-0.39, 0.29) is 5.91 Å². The Morgan fingerprint density at radius 1 is 1.21 bits per heavy atom. The van der Waals surface area contributed by atoms with E-state index in [2.05, 4.69) is 29.4 Å². The minimum absolute atomic E-state index is 0.0325. The molecule has 1 amide bonds. The van der Waals surface area contributed by atoms with Crippen LogP contribution in [0.5, 0.6) is 0 Å². The first-order chi connectivity index (χ1) is 14.0. The molecule has 0 unspecified atom stereocenters. The molecule has 3 aromatic rings. The van der Waals surface area contributed by atoms with Gasteiger partial charge < -0.3 is 15.1 Å². The highest BCUT2D eigenvalue weighted by Gasteiger charge is 2.34. The number of carbonyl (C=O) groups excluding carboxylic acids is 1. The van der Waals surface area contributed by atoms with Gasteiger partial charge in [-0.05, 0) is 50.1 Å². The van der Waals surface area contributed by atoms with Crippen molar-refractivity contribution >= 4 is 33.8 Å². The summed E-state index contributed by atoms with van der Waals surface area (Å²) in [6, 6.07) is 11.8. The molecule has 5 nitrogen and oxygen atoms in total. The van der Waals surface area contributed by atoms with Gasteiger partial charge in [0.15, 0.2) is 6.17 Å². The Labute approximate surface area is 178 Å². The smallest absolute Gasteiger partial charge is 0.256 e. The third-order valence-electron chi connectivity index (χ3n) is 5.65. The molecule has 0 saturated carbocycles. The second-order valence-corrected chi connectivity index (χ2v) is 9.27. The standard InChI is InChI=1S/C22H22ClN3O2S/c1-12(2)26-10-9-14-18(11-26)29-22-19(14)21(27)24-20(25-22)17-8-7-16(28-17)13-5-3-4-6-15(13)23/h3-8,12,20,25H,9-11H2,1-2H3,(H,24,27)/t20-/m0/s1. The molecule has 0 bridgehead atoms. The SMILES string of the molecule is CC(C)N1CCc2c(sc3c2C(=O)N[C@H](c2ccc(-c4ccccc4Cl)o2)N3)C1. The number of benzene rings is 1. The van der Waals surface area contributed by atoms with E-state index in [1.54, 1.807) is 11.3 Å². The number of rotatable bonds is 3. The summed E-state index contributed by atoms with van der Waals surface area (Å²) in [5.74, 6) is 1.31. The number of fused-ring (bicyclic) bond motifs is 3. The number of nitrogens with one attached hydrogen (secondary N) is 2. The van der Waals surface area contributed by atoms with E-state index in [0.717, 1.165) is 35.6 Å². The zero-order valence-corrected chi connectivity index (χ0v) is 17.9. The lowest BCUT2D eigenvalue weighted by atomic mass is 10.0. The summed E-state index contributed by atoms with van der Waals surface area (Å²) >= 11 is 7.98. The van der Waals surface area contributed by atoms with Gasteiger partial charge in [0.25, 0.3) is 5.91 Å². The van der Waals surface area contributed by atoms with Gasteiger partial charge in [-0.3, -0.25) is 9.69 Å². The first-order valence-corrected chi connectivity index (χ1v) is 11.0. The third-order valence-corrected chi connectivity index (χ3v) is 7.12. The molecule has 0 saturated heterocycles. The lowest BCUT2D eigenvalue weighted by Gasteiger charge is -2.30. The van der Waals surface area contributed by atoms with Gasteiger partial charge in [0.2, 0.25) is 0 Å². The largest absolute Gasteiger partial charge is 0.457 e. The quantitative estimate of drug-likeness (QED) is 0.596. The number of furan rings is 1. The molecule has 0 radical (unpaired) electrons. The van der Waals surface area contributed by atoms with Crippen LogP contribution in [-0.2, 0) is 13.0 Å². The Morgan fingerprint density at radius 3 is 2.83 bits per heavy atom. The fraction of sp³-hybridized carbons (Fsp3) is 0.318. The van der Waals surface area contributed by atoms with E-state index in [1.807, 2.05) is 36.4 Å². The number of nitrogens with zero attached hydrogens (tertiary/aromatic N) is 1. The molecule has 2 aliphatic heterocycles. The van der Waals surface area contributed by atoms with Crippen LogP contribution in [0.25, 0.3) is 11.3 Å². The van der Waals surface area contributed by atoms with Crippen molar-refractivity contribution in [2.75, 3.05) is 11.9 Å². The minimum Gasteiger partial charge on any atom is -0.457 e.